The summed E-state index contributed by atoms with van der Waals surface area (Å²) >= 11 is 0.894. The molecule has 0 aliphatic carbocycles. The third-order valence-electron chi connectivity index (χ3n) is 7.15. The molecule has 0 saturated carbocycles. The molecule has 2 aromatic heterocycles. The lowest BCUT2D eigenvalue weighted by Crippen LogP contribution is -2.38. The minimum absolute atomic E-state index is 0.355. The zero-order chi connectivity index (χ0) is 26.6. The van der Waals surface area contributed by atoms with Gasteiger partial charge in [0, 0.05) is 49.2 Å². The largest absolute Gasteiger partial charge is 0.341 e. The van der Waals surface area contributed by atoms with Crippen LogP contribution in [-0.2, 0) is 11.3 Å². The molecule has 2 fully saturated rings. The van der Waals surface area contributed by atoms with E-state index in [1.54, 1.807) is 18.3 Å². The van der Waals surface area contributed by atoms with Crippen LogP contribution in [0.2, 0.25) is 0 Å². The van der Waals surface area contributed by atoms with Crippen LogP contribution in [0.1, 0.15) is 24.1 Å². The Kier molecular flexibility index (Phi) is 7.33. The van der Waals surface area contributed by atoms with Crippen molar-refractivity contribution in [2.75, 3.05) is 24.5 Å². The molecule has 8 nitrogen and oxygen atoms in total. The molecule has 2 N–H and O–H groups in total. The first-order chi connectivity index (χ1) is 19.1. The summed E-state index contributed by atoms with van der Waals surface area (Å²) in [6.45, 7) is 3.54. The number of amides is 2. The van der Waals surface area contributed by atoms with Gasteiger partial charge in [-0.15, -0.1) is 0 Å². The standard InChI is InChI=1S/C30H28N6O2S/c37-28-27(39-30(38)35-28)15-24-8-11-33-29(34-24)36-12-9-20(10-13-36)16-31-17-21-4-3-6-22(14-21)26-19-32-18-23-5-1-2-7-25(23)26/h1-8,11,14-15,18-20,31H,9-10,12-13,16-17H2,(H,35,37,38). The van der Waals surface area contributed by atoms with Gasteiger partial charge in [-0.05, 0) is 71.8 Å². The van der Waals surface area contributed by atoms with E-state index in [0.29, 0.717) is 22.5 Å². The van der Waals surface area contributed by atoms with Gasteiger partial charge < -0.3 is 10.2 Å². The number of hydrogen-bond donors (Lipinski definition) is 2. The van der Waals surface area contributed by atoms with Crippen molar-refractivity contribution in [1.29, 1.82) is 0 Å². The van der Waals surface area contributed by atoms with Gasteiger partial charge in [0.25, 0.3) is 11.1 Å². The SMILES string of the molecule is O=C1NC(=O)C(=Cc2ccnc(N3CCC(CNCc4cccc(-c5cncc6ccccc56)c4)CC3)n2)S1. The van der Waals surface area contributed by atoms with Crippen molar-refractivity contribution < 1.29 is 9.59 Å². The number of hydrogen-bond acceptors (Lipinski definition) is 8. The maximum absolute atomic E-state index is 11.8. The van der Waals surface area contributed by atoms with Gasteiger partial charge in [-0.1, -0.05) is 42.5 Å². The fraction of sp³-hybridized carbons (Fsp3) is 0.233. The summed E-state index contributed by atoms with van der Waals surface area (Å²) in [6.07, 6.45) is 9.30. The third-order valence-corrected chi connectivity index (χ3v) is 7.96. The molecule has 2 saturated heterocycles. The Bertz CT molecular complexity index is 1560. The molecule has 0 unspecified atom stereocenters. The molecule has 0 bridgehead atoms. The topological polar surface area (TPSA) is 100 Å². The number of nitrogens with one attached hydrogen (secondary N) is 2. The van der Waals surface area contributed by atoms with E-state index >= 15 is 0 Å². The average Bonchev–Trinajstić information content (AvgIpc) is 3.29. The number of carbonyl (C=O) groups excluding carboxylic acids is 2. The number of carbonyl (C=O) groups is 2. The normalized spacial score (nSPS) is 17.2. The summed E-state index contributed by atoms with van der Waals surface area (Å²) < 4.78 is 0. The highest BCUT2D eigenvalue weighted by molar-refractivity contribution is 8.18. The van der Waals surface area contributed by atoms with Crippen LogP contribution in [0, 0.1) is 5.92 Å². The van der Waals surface area contributed by atoms with Crippen LogP contribution in [0.3, 0.4) is 0 Å². The van der Waals surface area contributed by atoms with Crippen LogP contribution in [-0.4, -0.2) is 45.7 Å². The van der Waals surface area contributed by atoms with Crippen molar-refractivity contribution >= 4 is 45.7 Å². The number of benzene rings is 2. The van der Waals surface area contributed by atoms with E-state index < -0.39 is 0 Å². The minimum Gasteiger partial charge on any atom is -0.341 e. The average molecular weight is 537 g/mol. The Balaban J connectivity index is 1.02. The Morgan fingerprint density at radius 1 is 1.05 bits per heavy atom. The molecule has 4 aromatic rings. The first-order valence-corrected chi connectivity index (χ1v) is 13.9. The van der Waals surface area contributed by atoms with E-state index in [4.69, 9.17) is 0 Å². The molecule has 2 aromatic carbocycles. The third kappa shape index (κ3) is 5.84. The van der Waals surface area contributed by atoms with Crippen LogP contribution >= 0.6 is 11.8 Å². The first kappa shape index (κ1) is 25.2. The second-order valence-corrected chi connectivity index (χ2v) is 10.8. The lowest BCUT2D eigenvalue weighted by atomic mass is 9.96. The summed E-state index contributed by atoms with van der Waals surface area (Å²) in [5, 5.41) is 7.94. The number of aromatic nitrogens is 3. The molecule has 2 amide bonds. The number of nitrogens with zero attached hydrogens (tertiary/aromatic N) is 4. The van der Waals surface area contributed by atoms with Crippen LogP contribution in [0.4, 0.5) is 10.7 Å². The van der Waals surface area contributed by atoms with Crippen molar-refractivity contribution in [1.82, 2.24) is 25.6 Å². The summed E-state index contributed by atoms with van der Waals surface area (Å²) in [4.78, 5) is 39.3. The van der Waals surface area contributed by atoms with E-state index in [-0.39, 0.29) is 11.1 Å². The molecule has 2 aliphatic heterocycles. The van der Waals surface area contributed by atoms with Gasteiger partial charge in [0.15, 0.2) is 0 Å². The quantitative estimate of drug-likeness (QED) is 0.318. The van der Waals surface area contributed by atoms with Gasteiger partial charge >= 0.3 is 0 Å². The summed E-state index contributed by atoms with van der Waals surface area (Å²) in [5.74, 6) is 0.864. The summed E-state index contributed by atoms with van der Waals surface area (Å²) in [6, 6.07) is 18.8. The second kappa shape index (κ2) is 11.3. The summed E-state index contributed by atoms with van der Waals surface area (Å²) in [5.41, 5.74) is 4.22. The maximum atomic E-state index is 11.8. The number of anilines is 1. The Hall–Kier alpha value is -4.08. The molecule has 39 heavy (non-hydrogen) atoms. The minimum atomic E-state index is -0.379. The van der Waals surface area contributed by atoms with E-state index in [0.717, 1.165) is 61.7 Å². The van der Waals surface area contributed by atoms with Crippen molar-refractivity contribution in [3.63, 3.8) is 0 Å². The maximum Gasteiger partial charge on any atom is 0.290 e. The van der Waals surface area contributed by atoms with Gasteiger partial charge in [-0.2, -0.15) is 0 Å². The lowest BCUT2D eigenvalue weighted by molar-refractivity contribution is -0.115. The van der Waals surface area contributed by atoms with E-state index in [1.807, 2.05) is 18.5 Å². The smallest absolute Gasteiger partial charge is 0.290 e. The van der Waals surface area contributed by atoms with Gasteiger partial charge in [-0.3, -0.25) is 19.9 Å². The highest BCUT2D eigenvalue weighted by Crippen LogP contribution is 2.29. The van der Waals surface area contributed by atoms with Gasteiger partial charge in [0.2, 0.25) is 5.95 Å². The molecule has 6 rings (SSSR count). The van der Waals surface area contributed by atoms with E-state index in [2.05, 4.69) is 72.9 Å². The molecule has 2 aliphatic rings. The van der Waals surface area contributed by atoms with Gasteiger partial charge in [-0.25, -0.2) is 9.97 Å². The Morgan fingerprint density at radius 2 is 1.92 bits per heavy atom. The molecule has 0 spiro atoms. The molecule has 4 heterocycles. The van der Waals surface area contributed by atoms with Crippen LogP contribution in [0.25, 0.3) is 28.0 Å². The number of piperidine rings is 1. The van der Waals surface area contributed by atoms with Crippen LogP contribution < -0.4 is 15.5 Å². The molecule has 0 radical (unpaired) electrons. The molecular weight excluding hydrogens is 508 g/mol. The predicted molar refractivity (Wildman–Crippen MR) is 155 cm³/mol. The van der Waals surface area contributed by atoms with Crippen LogP contribution in [0.15, 0.2) is 78.1 Å². The monoisotopic (exact) mass is 536 g/mol. The van der Waals surface area contributed by atoms with Crippen molar-refractivity contribution in [3.05, 3.63) is 89.4 Å². The number of imide groups is 1. The van der Waals surface area contributed by atoms with Gasteiger partial charge in [0.1, 0.15) is 0 Å². The molecular formula is C30H28N6O2S. The second-order valence-electron chi connectivity index (χ2n) is 9.80. The zero-order valence-electron chi connectivity index (χ0n) is 21.3. The number of pyridine rings is 1. The lowest BCUT2D eigenvalue weighted by Gasteiger charge is -2.32. The van der Waals surface area contributed by atoms with E-state index in [1.165, 1.54) is 16.5 Å². The first-order valence-electron chi connectivity index (χ1n) is 13.1. The van der Waals surface area contributed by atoms with Crippen molar-refractivity contribution in [2.24, 2.45) is 5.92 Å². The molecule has 0 atom stereocenters. The fourth-order valence-corrected chi connectivity index (χ4v) is 5.77. The van der Waals surface area contributed by atoms with Gasteiger partial charge in [0.05, 0.1) is 10.6 Å². The number of rotatable bonds is 7. The Labute approximate surface area is 231 Å². The van der Waals surface area contributed by atoms with E-state index in [9.17, 15) is 9.59 Å². The Morgan fingerprint density at radius 3 is 2.77 bits per heavy atom. The number of fused-ring (bicyclic) bond motifs is 1. The number of thioether (sulfide) groups is 1. The molecule has 196 valence electrons. The highest BCUT2D eigenvalue weighted by atomic mass is 32.2. The van der Waals surface area contributed by atoms with Crippen molar-refractivity contribution in [2.45, 2.75) is 19.4 Å². The zero-order valence-corrected chi connectivity index (χ0v) is 22.2. The highest BCUT2D eigenvalue weighted by Gasteiger charge is 2.25. The fourth-order valence-electron chi connectivity index (χ4n) is 5.10. The van der Waals surface area contributed by atoms with Crippen LogP contribution in [0.5, 0.6) is 0 Å². The van der Waals surface area contributed by atoms with Crippen molar-refractivity contribution in [3.8, 4) is 11.1 Å². The predicted octanol–water partition coefficient (Wildman–Crippen LogP) is 5.02. The summed E-state index contributed by atoms with van der Waals surface area (Å²) in [7, 11) is 0. The molecule has 9 heteroatoms.